The first-order chi connectivity index (χ1) is 13.2. The second kappa shape index (κ2) is 6.60. The summed E-state index contributed by atoms with van der Waals surface area (Å²) in [7, 11) is 3.15. The van der Waals surface area contributed by atoms with E-state index in [0.29, 0.717) is 24.2 Å². The van der Waals surface area contributed by atoms with Crippen molar-refractivity contribution in [1.82, 2.24) is 0 Å². The molecule has 0 aromatic rings. The number of rotatable bonds is 4. The number of aliphatic hydroxyl groups is 1. The molecule has 0 saturated heterocycles. The third-order valence-corrected chi connectivity index (χ3v) is 9.10. The largest absolute Gasteiger partial charge is 0.501 e. The van der Waals surface area contributed by atoms with Crippen molar-refractivity contribution in [2.24, 2.45) is 28.6 Å². The van der Waals surface area contributed by atoms with Gasteiger partial charge < -0.3 is 19.7 Å². The fourth-order valence-corrected chi connectivity index (χ4v) is 7.44. The summed E-state index contributed by atoms with van der Waals surface area (Å²) in [6.07, 6.45) is 9.80. The maximum absolute atomic E-state index is 11.8. The number of ether oxygens (including phenoxy) is 2. The molecule has 0 aromatic heterocycles. The SMILES string of the molecule is COC1=CC2=CC[C@@H]3[C@H](CC[C@@]4(C)[C@H]3CC[C@]4(O)C(OC)C(=O)O)[C@@]2(C)CC1. The van der Waals surface area contributed by atoms with Crippen molar-refractivity contribution in [1.29, 1.82) is 0 Å². The van der Waals surface area contributed by atoms with E-state index in [-0.39, 0.29) is 5.41 Å². The van der Waals surface area contributed by atoms with E-state index in [1.807, 2.05) is 0 Å². The topological polar surface area (TPSA) is 76.0 Å². The summed E-state index contributed by atoms with van der Waals surface area (Å²) in [5.74, 6) is 1.41. The lowest BCUT2D eigenvalue weighted by Crippen LogP contribution is -2.60. The number of hydrogen-bond donors (Lipinski definition) is 2. The average Bonchev–Trinajstić information content (AvgIpc) is 2.93. The number of carbonyl (C=O) groups is 1. The number of methoxy groups -OCH3 is 2. The van der Waals surface area contributed by atoms with Gasteiger partial charge in [-0.2, -0.15) is 0 Å². The molecule has 1 unspecified atom stereocenters. The minimum Gasteiger partial charge on any atom is -0.501 e. The van der Waals surface area contributed by atoms with Gasteiger partial charge in [-0.05, 0) is 73.3 Å². The lowest BCUT2D eigenvalue weighted by molar-refractivity contribution is -0.198. The molecule has 0 aromatic carbocycles. The zero-order valence-corrected chi connectivity index (χ0v) is 17.5. The Hall–Kier alpha value is -1.33. The summed E-state index contributed by atoms with van der Waals surface area (Å²) in [6.45, 7) is 4.51. The predicted octanol–water partition coefficient (Wildman–Crippen LogP) is 3.92. The number of hydrogen-bond acceptors (Lipinski definition) is 4. The molecule has 0 bridgehead atoms. The lowest BCUT2D eigenvalue weighted by atomic mass is 9.47. The Morgan fingerprint density at radius 3 is 2.54 bits per heavy atom. The van der Waals surface area contributed by atoms with Gasteiger partial charge in [0.25, 0.3) is 0 Å². The fourth-order valence-electron chi connectivity index (χ4n) is 7.44. The molecule has 0 heterocycles. The number of aliphatic carboxylic acids is 1. The third kappa shape index (κ3) is 2.48. The molecule has 28 heavy (non-hydrogen) atoms. The van der Waals surface area contributed by atoms with Gasteiger partial charge in [-0.1, -0.05) is 19.9 Å². The van der Waals surface area contributed by atoms with Crippen molar-refractivity contribution in [2.75, 3.05) is 14.2 Å². The van der Waals surface area contributed by atoms with Gasteiger partial charge in [0.1, 0.15) is 5.60 Å². The van der Waals surface area contributed by atoms with Gasteiger partial charge in [-0.15, -0.1) is 0 Å². The first-order valence-corrected chi connectivity index (χ1v) is 10.6. The van der Waals surface area contributed by atoms with E-state index in [1.54, 1.807) is 7.11 Å². The molecule has 0 aliphatic heterocycles. The smallest absolute Gasteiger partial charge is 0.335 e. The first kappa shape index (κ1) is 20.0. The molecule has 156 valence electrons. The second-order valence-electron chi connectivity index (χ2n) is 9.88. The molecule has 0 amide bonds. The molecule has 5 heteroatoms. The zero-order valence-electron chi connectivity index (χ0n) is 17.5. The lowest BCUT2D eigenvalue weighted by Gasteiger charge is -2.58. The van der Waals surface area contributed by atoms with Gasteiger partial charge >= 0.3 is 5.97 Å². The van der Waals surface area contributed by atoms with E-state index in [0.717, 1.165) is 44.3 Å². The van der Waals surface area contributed by atoms with Gasteiger partial charge in [0.15, 0.2) is 6.10 Å². The maximum Gasteiger partial charge on any atom is 0.335 e. The van der Waals surface area contributed by atoms with Gasteiger partial charge in [-0.25, -0.2) is 4.79 Å². The number of carboxylic acid groups (broad SMARTS) is 1. The zero-order chi connectivity index (χ0) is 20.3. The monoisotopic (exact) mass is 390 g/mol. The minimum absolute atomic E-state index is 0.153. The Kier molecular flexibility index (Phi) is 4.70. The molecule has 5 nitrogen and oxygen atoms in total. The van der Waals surface area contributed by atoms with Crippen LogP contribution in [0.1, 0.15) is 58.8 Å². The molecular formula is C23H34O5. The van der Waals surface area contributed by atoms with Crippen LogP contribution >= 0.6 is 0 Å². The molecule has 2 fully saturated rings. The summed E-state index contributed by atoms with van der Waals surface area (Å²) in [6, 6.07) is 0. The second-order valence-corrected chi connectivity index (χ2v) is 9.88. The maximum atomic E-state index is 11.8. The molecule has 4 aliphatic rings. The van der Waals surface area contributed by atoms with E-state index in [4.69, 9.17) is 9.47 Å². The van der Waals surface area contributed by atoms with Crippen LogP contribution in [0.4, 0.5) is 0 Å². The van der Waals surface area contributed by atoms with E-state index in [9.17, 15) is 15.0 Å². The summed E-state index contributed by atoms with van der Waals surface area (Å²) in [4.78, 5) is 11.8. The van der Waals surface area contributed by atoms with Crippen LogP contribution in [0.5, 0.6) is 0 Å². The van der Waals surface area contributed by atoms with Gasteiger partial charge in [0.05, 0.1) is 12.9 Å². The molecule has 4 rings (SSSR count). The van der Waals surface area contributed by atoms with Crippen LogP contribution in [-0.4, -0.2) is 42.1 Å². The summed E-state index contributed by atoms with van der Waals surface area (Å²) >= 11 is 0. The predicted molar refractivity (Wildman–Crippen MR) is 106 cm³/mol. The highest BCUT2D eigenvalue weighted by Crippen LogP contribution is 2.67. The van der Waals surface area contributed by atoms with E-state index in [1.165, 1.54) is 12.7 Å². The highest BCUT2D eigenvalue weighted by atomic mass is 16.5. The Bertz CT molecular complexity index is 727. The molecule has 4 aliphatic carbocycles. The molecule has 0 radical (unpaired) electrons. The van der Waals surface area contributed by atoms with Gasteiger partial charge in [0.2, 0.25) is 0 Å². The summed E-state index contributed by atoms with van der Waals surface area (Å²) in [5.41, 5.74) is -0.157. The van der Waals surface area contributed by atoms with Gasteiger partial charge in [0, 0.05) is 18.9 Å². The van der Waals surface area contributed by atoms with Gasteiger partial charge in [-0.3, -0.25) is 0 Å². The summed E-state index contributed by atoms with van der Waals surface area (Å²) < 4.78 is 10.8. The quantitative estimate of drug-likeness (QED) is 0.761. The molecule has 0 spiro atoms. The highest BCUT2D eigenvalue weighted by molar-refractivity contribution is 5.74. The van der Waals surface area contributed by atoms with Crippen LogP contribution in [0, 0.1) is 28.6 Å². The van der Waals surface area contributed by atoms with Crippen molar-refractivity contribution in [3.8, 4) is 0 Å². The van der Waals surface area contributed by atoms with Crippen molar-refractivity contribution in [3.63, 3.8) is 0 Å². The van der Waals surface area contributed by atoms with Crippen molar-refractivity contribution < 1.29 is 24.5 Å². The Balaban J connectivity index is 1.68. The standard InChI is InChI=1S/C23H34O5/c1-21-10-7-15(27-3)13-14(21)5-6-16-17(21)8-11-22(2)18(16)9-12-23(22,26)19(28-4)20(24)25/h5,13,16-19,26H,6-12H2,1-4H3,(H,24,25)/t16-,17+,18+,19?,21+,22+,23+/m1/s1. The van der Waals surface area contributed by atoms with Crippen LogP contribution in [0.15, 0.2) is 23.5 Å². The normalized spacial score (nSPS) is 45.8. The number of allylic oxidation sites excluding steroid dienone is 4. The van der Waals surface area contributed by atoms with Crippen LogP contribution in [0.25, 0.3) is 0 Å². The number of fused-ring (bicyclic) bond motifs is 5. The van der Waals surface area contributed by atoms with E-state index >= 15 is 0 Å². The highest BCUT2D eigenvalue weighted by Gasteiger charge is 2.67. The van der Waals surface area contributed by atoms with Crippen molar-refractivity contribution >= 4 is 5.97 Å². The van der Waals surface area contributed by atoms with Crippen molar-refractivity contribution in [2.45, 2.75) is 70.5 Å². The molecule has 7 atom stereocenters. The van der Waals surface area contributed by atoms with E-state index in [2.05, 4.69) is 26.0 Å². The van der Waals surface area contributed by atoms with Crippen molar-refractivity contribution in [3.05, 3.63) is 23.5 Å². The molecule has 2 N–H and O–H groups in total. The van der Waals surface area contributed by atoms with Crippen LogP contribution in [-0.2, 0) is 14.3 Å². The molecular weight excluding hydrogens is 356 g/mol. The Labute approximate surface area is 167 Å². The number of carboxylic acids is 1. The van der Waals surface area contributed by atoms with Crippen LogP contribution in [0.3, 0.4) is 0 Å². The Morgan fingerprint density at radius 2 is 1.89 bits per heavy atom. The molecule has 2 saturated carbocycles. The van der Waals surface area contributed by atoms with Crippen LogP contribution in [0.2, 0.25) is 0 Å². The van der Waals surface area contributed by atoms with E-state index < -0.39 is 23.1 Å². The Morgan fingerprint density at radius 1 is 1.18 bits per heavy atom. The average molecular weight is 391 g/mol. The van der Waals surface area contributed by atoms with Crippen LogP contribution < -0.4 is 0 Å². The summed E-state index contributed by atoms with van der Waals surface area (Å²) in [5, 5.41) is 21.2. The minimum atomic E-state index is -1.30. The third-order valence-electron chi connectivity index (χ3n) is 9.10. The first-order valence-electron chi connectivity index (χ1n) is 10.6. The fraction of sp³-hybridized carbons (Fsp3) is 0.783.